The Bertz CT molecular complexity index is 968. The van der Waals surface area contributed by atoms with Gasteiger partial charge in [-0.15, -0.1) is 11.3 Å². The maximum absolute atomic E-state index is 10.6. The van der Waals surface area contributed by atoms with E-state index in [1.807, 2.05) is 24.3 Å². The molecule has 24 heavy (non-hydrogen) atoms. The molecule has 0 aliphatic carbocycles. The Morgan fingerprint density at radius 2 is 1.92 bits per heavy atom. The van der Waals surface area contributed by atoms with Crippen LogP contribution >= 0.6 is 11.3 Å². The van der Waals surface area contributed by atoms with Gasteiger partial charge < -0.3 is 14.6 Å². The third-order valence-electron chi connectivity index (χ3n) is 3.67. The first-order chi connectivity index (χ1) is 11.8. The topological polar surface area (TPSA) is 75.4 Å². The van der Waals surface area contributed by atoms with Gasteiger partial charge in [-0.3, -0.25) is 0 Å². The molecule has 118 valence electrons. The summed E-state index contributed by atoms with van der Waals surface area (Å²) in [6.07, 6.45) is 0. The molecule has 0 saturated carbocycles. The molecule has 6 heteroatoms. The number of rotatable bonds is 2. The van der Waals surface area contributed by atoms with Crippen LogP contribution in [-0.2, 0) is 0 Å². The second kappa shape index (κ2) is 5.87. The van der Waals surface area contributed by atoms with E-state index in [1.54, 1.807) is 18.2 Å². The number of thiazole rings is 1. The van der Waals surface area contributed by atoms with E-state index in [4.69, 9.17) is 9.47 Å². The van der Waals surface area contributed by atoms with Crippen molar-refractivity contribution in [3.05, 3.63) is 53.0 Å². The molecule has 4 rings (SSSR count). The van der Waals surface area contributed by atoms with Gasteiger partial charge in [0.1, 0.15) is 35.6 Å². The van der Waals surface area contributed by atoms with Crippen molar-refractivity contribution in [2.45, 2.75) is 0 Å². The maximum Gasteiger partial charge on any atom is 0.162 e. The number of fused-ring (bicyclic) bond motifs is 2. The molecule has 0 saturated heterocycles. The van der Waals surface area contributed by atoms with E-state index in [0.717, 1.165) is 10.2 Å². The molecule has 0 radical (unpaired) electrons. The number of ether oxygens (including phenoxy) is 2. The molecule has 1 aliphatic rings. The van der Waals surface area contributed by atoms with Crippen LogP contribution in [0, 0.1) is 11.3 Å². The van der Waals surface area contributed by atoms with Crippen LogP contribution in [0.3, 0.4) is 0 Å². The Kier molecular flexibility index (Phi) is 3.56. The van der Waals surface area contributed by atoms with Gasteiger partial charge in [0.25, 0.3) is 0 Å². The SMILES string of the molecule is N#C/C(=C(\O)c1ccc2c(c1)OCCO2)c1nc2ccccc2s1. The number of aliphatic hydroxyl groups is 1. The number of aliphatic hydroxyl groups excluding tert-OH is 1. The number of aromatic nitrogens is 1. The van der Waals surface area contributed by atoms with Gasteiger partial charge in [-0.25, -0.2) is 4.98 Å². The Hall–Kier alpha value is -3.04. The average Bonchev–Trinajstić information content (AvgIpc) is 3.05. The van der Waals surface area contributed by atoms with Gasteiger partial charge in [0.2, 0.25) is 0 Å². The highest BCUT2D eigenvalue weighted by molar-refractivity contribution is 7.19. The molecule has 1 aromatic heterocycles. The van der Waals surface area contributed by atoms with Crippen LogP contribution in [0.5, 0.6) is 11.5 Å². The van der Waals surface area contributed by atoms with Gasteiger partial charge in [-0.1, -0.05) is 12.1 Å². The van der Waals surface area contributed by atoms with Gasteiger partial charge in [0, 0.05) is 5.56 Å². The fourth-order valence-electron chi connectivity index (χ4n) is 2.52. The fourth-order valence-corrected chi connectivity index (χ4v) is 3.48. The zero-order valence-corrected chi connectivity index (χ0v) is 13.3. The van der Waals surface area contributed by atoms with Crippen LogP contribution in [0.1, 0.15) is 10.6 Å². The van der Waals surface area contributed by atoms with Gasteiger partial charge in [0.15, 0.2) is 11.5 Å². The second-order valence-corrected chi connectivity index (χ2v) is 6.21. The monoisotopic (exact) mass is 336 g/mol. The van der Waals surface area contributed by atoms with Crippen molar-refractivity contribution in [2.24, 2.45) is 0 Å². The van der Waals surface area contributed by atoms with E-state index >= 15 is 0 Å². The summed E-state index contributed by atoms with van der Waals surface area (Å²) in [5, 5.41) is 20.6. The molecular weight excluding hydrogens is 324 g/mol. The average molecular weight is 336 g/mol. The predicted octanol–water partition coefficient (Wildman–Crippen LogP) is 4.02. The highest BCUT2D eigenvalue weighted by atomic mass is 32.1. The van der Waals surface area contributed by atoms with Crippen molar-refractivity contribution in [1.82, 2.24) is 4.98 Å². The minimum Gasteiger partial charge on any atom is -0.506 e. The molecule has 0 spiro atoms. The molecule has 2 heterocycles. The van der Waals surface area contributed by atoms with E-state index in [0.29, 0.717) is 35.3 Å². The largest absolute Gasteiger partial charge is 0.506 e. The lowest BCUT2D eigenvalue weighted by molar-refractivity contribution is 0.171. The number of allylic oxidation sites excluding steroid dienone is 1. The molecule has 3 aromatic rings. The number of benzene rings is 2. The van der Waals surface area contributed by atoms with Crippen LogP contribution in [0.25, 0.3) is 21.5 Å². The first-order valence-corrected chi connectivity index (χ1v) is 8.17. The summed E-state index contributed by atoms with van der Waals surface area (Å²) >= 11 is 1.37. The molecule has 0 unspecified atom stereocenters. The summed E-state index contributed by atoms with van der Waals surface area (Å²) in [7, 11) is 0. The van der Waals surface area contributed by atoms with Gasteiger partial charge in [0.05, 0.1) is 10.2 Å². The molecule has 1 aliphatic heterocycles. The van der Waals surface area contributed by atoms with Crippen LogP contribution in [0.4, 0.5) is 0 Å². The van der Waals surface area contributed by atoms with Gasteiger partial charge in [-0.2, -0.15) is 5.26 Å². The number of hydrogen-bond acceptors (Lipinski definition) is 6. The normalized spacial score (nSPS) is 14.1. The lowest BCUT2D eigenvalue weighted by Gasteiger charge is -2.18. The molecule has 0 amide bonds. The zero-order valence-electron chi connectivity index (χ0n) is 12.5. The number of nitrogens with zero attached hydrogens (tertiary/aromatic N) is 2. The summed E-state index contributed by atoms with van der Waals surface area (Å²) in [6, 6.07) is 14.8. The molecule has 0 bridgehead atoms. The lowest BCUT2D eigenvalue weighted by atomic mass is 10.1. The van der Waals surface area contributed by atoms with Crippen molar-refractivity contribution in [1.29, 1.82) is 5.26 Å². The number of hydrogen-bond donors (Lipinski definition) is 1. The van der Waals surface area contributed by atoms with Gasteiger partial charge in [-0.05, 0) is 30.3 Å². The Morgan fingerprint density at radius 1 is 1.12 bits per heavy atom. The quantitative estimate of drug-likeness (QED) is 0.565. The first-order valence-electron chi connectivity index (χ1n) is 7.35. The molecule has 0 atom stereocenters. The van der Waals surface area contributed by atoms with E-state index in [1.165, 1.54) is 11.3 Å². The third-order valence-corrected chi connectivity index (χ3v) is 4.73. The van der Waals surface area contributed by atoms with Crippen LogP contribution in [0.15, 0.2) is 42.5 Å². The van der Waals surface area contributed by atoms with Crippen molar-refractivity contribution >= 4 is 32.9 Å². The van der Waals surface area contributed by atoms with Crippen LogP contribution in [-0.4, -0.2) is 23.3 Å². The van der Waals surface area contributed by atoms with Crippen LogP contribution in [0.2, 0.25) is 0 Å². The molecule has 0 fully saturated rings. The number of para-hydroxylation sites is 1. The molecule has 1 N–H and O–H groups in total. The third kappa shape index (κ3) is 2.45. The molecular formula is C18H12N2O3S. The molecule has 5 nitrogen and oxygen atoms in total. The van der Waals surface area contributed by atoms with Crippen molar-refractivity contribution < 1.29 is 14.6 Å². The van der Waals surface area contributed by atoms with Crippen molar-refractivity contribution in [2.75, 3.05) is 13.2 Å². The summed E-state index contributed by atoms with van der Waals surface area (Å²) in [5.41, 5.74) is 1.45. The fraction of sp³-hybridized carbons (Fsp3) is 0.111. The van der Waals surface area contributed by atoms with Crippen LogP contribution < -0.4 is 9.47 Å². The smallest absolute Gasteiger partial charge is 0.162 e. The summed E-state index contributed by atoms with van der Waals surface area (Å²) < 4.78 is 12.0. The van der Waals surface area contributed by atoms with E-state index < -0.39 is 0 Å². The maximum atomic E-state index is 10.6. The van der Waals surface area contributed by atoms with E-state index in [-0.39, 0.29) is 11.3 Å². The summed E-state index contributed by atoms with van der Waals surface area (Å²) in [4.78, 5) is 4.44. The lowest BCUT2D eigenvalue weighted by Crippen LogP contribution is -2.15. The van der Waals surface area contributed by atoms with E-state index in [2.05, 4.69) is 11.1 Å². The van der Waals surface area contributed by atoms with E-state index in [9.17, 15) is 10.4 Å². The Labute approximate surface area is 142 Å². The van der Waals surface area contributed by atoms with Crippen molar-refractivity contribution in [3.63, 3.8) is 0 Å². The minimum absolute atomic E-state index is 0.117. The number of nitriles is 1. The Balaban J connectivity index is 1.81. The summed E-state index contributed by atoms with van der Waals surface area (Å²) in [5.74, 6) is 1.08. The standard InChI is InChI=1S/C18H12N2O3S/c19-10-12(18-20-13-3-1-2-4-16(13)24-18)17(21)11-5-6-14-15(9-11)23-8-7-22-14/h1-6,9,21H,7-8H2/b17-12+. The molecule has 2 aromatic carbocycles. The Morgan fingerprint density at radius 3 is 2.71 bits per heavy atom. The van der Waals surface area contributed by atoms with Crippen molar-refractivity contribution in [3.8, 4) is 17.6 Å². The second-order valence-electron chi connectivity index (χ2n) is 5.18. The highest BCUT2D eigenvalue weighted by Gasteiger charge is 2.18. The highest BCUT2D eigenvalue weighted by Crippen LogP contribution is 2.35. The first kappa shape index (κ1) is 14.5. The summed E-state index contributed by atoms with van der Waals surface area (Å²) in [6.45, 7) is 0.966. The van der Waals surface area contributed by atoms with Gasteiger partial charge >= 0.3 is 0 Å². The zero-order chi connectivity index (χ0) is 16.5. The minimum atomic E-state index is -0.117. The predicted molar refractivity (Wildman–Crippen MR) is 92.1 cm³/mol.